The molecule has 0 unspecified atom stereocenters. The molecule has 0 aliphatic heterocycles. The molecule has 2 aromatic rings. The number of aryl methyl sites for hydroxylation is 3. The Balaban J connectivity index is 2.49. The molecule has 0 radical (unpaired) electrons. The highest BCUT2D eigenvalue weighted by Crippen LogP contribution is 2.24. The monoisotopic (exact) mass is 317 g/mol. The number of hydrogen-bond donors (Lipinski definition) is 1. The van der Waals surface area contributed by atoms with E-state index in [1.165, 1.54) is 5.56 Å². The van der Waals surface area contributed by atoms with Gasteiger partial charge in [0.15, 0.2) is 5.78 Å². The molecule has 0 atom stereocenters. The lowest BCUT2D eigenvalue weighted by atomic mass is 9.95. The topological polar surface area (TPSA) is 43.1 Å². The van der Waals surface area contributed by atoms with E-state index < -0.39 is 0 Å². The smallest absolute Gasteiger partial charge is 0.193 e. The van der Waals surface area contributed by atoms with Gasteiger partial charge in [-0.3, -0.25) is 4.79 Å². The molecule has 0 saturated carbocycles. The van der Waals surface area contributed by atoms with Crippen LogP contribution in [0.4, 0.5) is 5.69 Å². The van der Waals surface area contributed by atoms with E-state index in [4.69, 9.17) is 5.73 Å². The zero-order valence-electron chi connectivity index (χ0n) is 11.3. The summed E-state index contributed by atoms with van der Waals surface area (Å²) in [6.45, 7) is 6.03. The molecule has 3 heteroatoms. The average molecular weight is 318 g/mol. The minimum atomic E-state index is 0.0290. The van der Waals surface area contributed by atoms with Crippen molar-refractivity contribution in [3.63, 3.8) is 0 Å². The average Bonchev–Trinajstić information content (AvgIpc) is 2.36. The Kier molecular flexibility index (Phi) is 3.76. The van der Waals surface area contributed by atoms with Crippen LogP contribution in [-0.4, -0.2) is 5.78 Å². The largest absolute Gasteiger partial charge is 0.398 e. The highest BCUT2D eigenvalue weighted by atomic mass is 79.9. The standard InChI is InChI=1S/C16H16BrNO/c1-9-6-11(3)13(7-10(9)2)16(19)12-4-5-15(18)14(17)8-12/h4-8H,18H2,1-3H3. The molecule has 0 heterocycles. The molecule has 0 fully saturated rings. The zero-order chi connectivity index (χ0) is 14.2. The molecule has 0 saturated heterocycles. The van der Waals surface area contributed by atoms with Crippen molar-refractivity contribution in [1.29, 1.82) is 0 Å². The maximum absolute atomic E-state index is 12.5. The van der Waals surface area contributed by atoms with E-state index in [-0.39, 0.29) is 5.78 Å². The third kappa shape index (κ3) is 2.71. The number of carbonyl (C=O) groups is 1. The van der Waals surface area contributed by atoms with E-state index in [0.717, 1.165) is 21.2 Å². The van der Waals surface area contributed by atoms with E-state index in [1.54, 1.807) is 18.2 Å². The van der Waals surface area contributed by atoms with Gasteiger partial charge in [-0.25, -0.2) is 0 Å². The molecular formula is C16H16BrNO. The number of nitrogens with two attached hydrogens (primary N) is 1. The van der Waals surface area contributed by atoms with Crippen LogP contribution in [0.2, 0.25) is 0 Å². The lowest BCUT2D eigenvalue weighted by Crippen LogP contribution is -2.05. The summed E-state index contributed by atoms with van der Waals surface area (Å²) in [6, 6.07) is 9.28. The van der Waals surface area contributed by atoms with Gasteiger partial charge in [-0.1, -0.05) is 6.07 Å². The molecule has 0 spiro atoms. The molecule has 0 bridgehead atoms. The SMILES string of the molecule is Cc1cc(C)c(C(=O)c2ccc(N)c(Br)c2)cc1C. The predicted molar refractivity (Wildman–Crippen MR) is 82.6 cm³/mol. The summed E-state index contributed by atoms with van der Waals surface area (Å²) in [5, 5.41) is 0. The Bertz CT molecular complexity index is 662. The molecule has 19 heavy (non-hydrogen) atoms. The maximum Gasteiger partial charge on any atom is 0.193 e. The van der Waals surface area contributed by atoms with Gasteiger partial charge in [0.1, 0.15) is 0 Å². The van der Waals surface area contributed by atoms with E-state index >= 15 is 0 Å². The summed E-state index contributed by atoms with van der Waals surface area (Å²) in [4.78, 5) is 12.5. The summed E-state index contributed by atoms with van der Waals surface area (Å²) in [7, 11) is 0. The van der Waals surface area contributed by atoms with Crippen LogP contribution in [0, 0.1) is 20.8 Å². The molecule has 98 valence electrons. The summed E-state index contributed by atoms with van der Waals surface area (Å²) in [5.74, 6) is 0.0290. The first-order chi connectivity index (χ1) is 8.90. The third-order valence-electron chi connectivity index (χ3n) is 3.35. The van der Waals surface area contributed by atoms with E-state index in [0.29, 0.717) is 11.3 Å². The van der Waals surface area contributed by atoms with Crippen molar-refractivity contribution in [1.82, 2.24) is 0 Å². The normalized spacial score (nSPS) is 10.5. The van der Waals surface area contributed by atoms with Crippen molar-refractivity contribution in [3.8, 4) is 0 Å². The predicted octanol–water partition coefficient (Wildman–Crippen LogP) is 4.19. The van der Waals surface area contributed by atoms with Gasteiger partial charge in [-0.15, -0.1) is 0 Å². The van der Waals surface area contributed by atoms with Gasteiger partial charge in [0.25, 0.3) is 0 Å². The van der Waals surface area contributed by atoms with Crippen molar-refractivity contribution in [3.05, 3.63) is 62.6 Å². The van der Waals surface area contributed by atoms with Gasteiger partial charge in [-0.05, 0) is 77.7 Å². The van der Waals surface area contributed by atoms with Gasteiger partial charge in [0.05, 0.1) is 0 Å². The first-order valence-corrected chi connectivity index (χ1v) is 6.87. The van der Waals surface area contributed by atoms with Crippen molar-refractivity contribution in [2.75, 3.05) is 5.73 Å². The fraction of sp³-hybridized carbons (Fsp3) is 0.188. The van der Waals surface area contributed by atoms with E-state index in [2.05, 4.69) is 28.9 Å². The maximum atomic E-state index is 12.5. The molecule has 0 amide bonds. The minimum Gasteiger partial charge on any atom is -0.398 e. The molecule has 0 aliphatic carbocycles. The van der Waals surface area contributed by atoms with Crippen LogP contribution in [-0.2, 0) is 0 Å². The molecule has 2 aromatic carbocycles. The highest BCUT2D eigenvalue weighted by molar-refractivity contribution is 9.10. The second-order valence-corrected chi connectivity index (χ2v) is 5.67. The number of halogens is 1. The minimum absolute atomic E-state index is 0.0290. The molecule has 2 rings (SSSR count). The van der Waals surface area contributed by atoms with Gasteiger partial charge in [0, 0.05) is 21.3 Å². The quantitative estimate of drug-likeness (QED) is 0.666. The van der Waals surface area contributed by atoms with Crippen LogP contribution < -0.4 is 5.73 Å². The number of rotatable bonds is 2. The van der Waals surface area contributed by atoms with Crippen LogP contribution >= 0.6 is 15.9 Å². The van der Waals surface area contributed by atoms with Gasteiger partial charge in [-0.2, -0.15) is 0 Å². The Morgan fingerprint density at radius 1 is 1.00 bits per heavy atom. The van der Waals surface area contributed by atoms with Crippen molar-refractivity contribution >= 4 is 27.4 Å². The summed E-state index contributed by atoms with van der Waals surface area (Å²) in [6.07, 6.45) is 0. The molecule has 2 N–H and O–H groups in total. The van der Waals surface area contributed by atoms with Gasteiger partial charge in [0.2, 0.25) is 0 Å². The highest BCUT2D eigenvalue weighted by Gasteiger charge is 2.14. The van der Waals surface area contributed by atoms with Gasteiger partial charge < -0.3 is 5.73 Å². The van der Waals surface area contributed by atoms with Crippen LogP contribution in [0.1, 0.15) is 32.6 Å². The fourth-order valence-corrected chi connectivity index (χ4v) is 2.41. The number of hydrogen-bond acceptors (Lipinski definition) is 2. The Morgan fingerprint density at radius 3 is 2.26 bits per heavy atom. The lowest BCUT2D eigenvalue weighted by molar-refractivity contribution is 0.103. The number of ketones is 1. The second-order valence-electron chi connectivity index (χ2n) is 4.82. The van der Waals surface area contributed by atoms with Crippen LogP contribution in [0.5, 0.6) is 0 Å². The third-order valence-corrected chi connectivity index (χ3v) is 4.03. The molecule has 0 aromatic heterocycles. The van der Waals surface area contributed by atoms with Crippen LogP contribution in [0.15, 0.2) is 34.8 Å². The molecule has 2 nitrogen and oxygen atoms in total. The van der Waals surface area contributed by atoms with Crippen LogP contribution in [0.25, 0.3) is 0 Å². The van der Waals surface area contributed by atoms with Crippen molar-refractivity contribution < 1.29 is 4.79 Å². The number of anilines is 1. The van der Waals surface area contributed by atoms with Crippen molar-refractivity contribution in [2.45, 2.75) is 20.8 Å². The first kappa shape index (κ1) is 13.8. The number of nitrogen functional groups attached to an aromatic ring is 1. The Hall–Kier alpha value is -1.61. The Labute approximate surface area is 121 Å². The second kappa shape index (κ2) is 5.17. The lowest BCUT2D eigenvalue weighted by Gasteiger charge is -2.10. The summed E-state index contributed by atoms with van der Waals surface area (Å²) in [5.41, 5.74) is 11.1. The molecular weight excluding hydrogens is 302 g/mol. The number of carbonyl (C=O) groups excluding carboxylic acids is 1. The van der Waals surface area contributed by atoms with E-state index in [1.807, 2.05) is 19.9 Å². The van der Waals surface area contributed by atoms with E-state index in [9.17, 15) is 4.79 Å². The summed E-state index contributed by atoms with van der Waals surface area (Å²) >= 11 is 3.35. The first-order valence-electron chi connectivity index (χ1n) is 6.07. The van der Waals surface area contributed by atoms with Crippen molar-refractivity contribution in [2.24, 2.45) is 0 Å². The zero-order valence-corrected chi connectivity index (χ0v) is 12.8. The summed E-state index contributed by atoms with van der Waals surface area (Å²) < 4.78 is 0.750. The van der Waals surface area contributed by atoms with Gasteiger partial charge >= 0.3 is 0 Å². The fourth-order valence-electron chi connectivity index (χ4n) is 2.03. The number of benzene rings is 2. The Morgan fingerprint density at radius 2 is 1.63 bits per heavy atom. The van der Waals surface area contributed by atoms with Crippen LogP contribution in [0.3, 0.4) is 0 Å². The molecule has 0 aliphatic rings.